The molecule has 4 rings (SSSR count). The molecule has 2 fully saturated rings. The number of likely N-dealkylation sites (tertiary alicyclic amines) is 1. The van der Waals surface area contributed by atoms with Gasteiger partial charge in [-0.25, -0.2) is 0 Å². The predicted molar refractivity (Wildman–Crippen MR) is 103 cm³/mol. The van der Waals surface area contributed by atoms with Crippen molar-refractivity contribution >= 4 is 11.8 Å². The van der Waals surface area contributed by atoms with Gasteiger partial charge in [-0.1, -0.05) is 12.1 Å². The molecule has 2 aliphatic rings. The van der Waals surface area contributed by atoms with Gasteiger partial charge in [-0.05, 0) is 61.6 Å². The number of carbonyl (C=O) groups is 2. The van der Waals surface area contributed by atoms with Crippen molar-refractivity contribution in [2.45, 2.75) is 33.2 Å². The fraction of sp³-hybridized carbons (Fsp3) is 0.409. The minimum Gasteiger partial charge on any atom is -0.352 e. The van der Waals surface area contributed by atoms with Crippen LogP contribution in [0.25, 0.3) is 0 Å². The molecule has 0 bridgehead atoms. The summed E-state index contributed by atoms with van der Waals surface area (Å²) < 4.78 is 0. The molecule has 1 aromatic heterocycles. The summed E-state index contributed by atoms with van der Waals surface area (Å²) in [5, 5.41) is 3.02. The molecule has 0 radical (unpaired) electrons. The van der Waals surface area contributed by atoms with Gasteiger partial charge in [0.25, 0.3) is 5.91 Å². The summed E-state index contributed by atoms with van der Waals surface area (Å²) in [6.07, 6.45) is 5.28. The molecule has 0 unspecified atom stereocenters. The van der Waals surface area contributed by atoms with Crippen molar-refractivity contribution in [2.75, 3.05) is 13.1 Å². The zero-order chi connectivity index (χ0) is 19.0. The Morgan fingerprint density at radius 3 is 2.85 bits per heavy atom. The van der Waals surface area contributed by atoms with Crippen LogP contribution >= 0.6 is 0 Å². The van der Waals surface area contributed by atoms with Gasteiger partial charge in [-0.3, -0.25) is 14.6 Å². The number of nitrogens with one attached hydrogen (secondary N) is 1. The quantitative estimate of drug-likeness (QED) is 0.909. The summed E-state index contributed by atoms with van der Waals surface area (Å²) >= 11 is 0. The Bertz CT molecular complexity index is 880. The second-order valence-corrected chi connectivity index (χ2v) is 7.97. The summed E-state index contributed by atoms with van der Waals surface area (Å²) in [6.45, 7) is 6.00. The molecule has 27 heavy (non-hydrogen) atoms. The van der Waals surface area contributed by atoms with Gasteiger partial charge >= 0.3 is 0 Å². The van der Waals surface area contributed by atoms with Crippen LogP contribution in [0.1, 0.15) is 39.9 Å². The van der Waals surface area contributed by atoms with Gasteiger partial charge in [-0.2, -0.15) is 0 Å². The van der Waals surface area contributed by atoms with Gasteiger partial charge in [0.2, 0.25) is 5.91 Å². The van der Waals surface area contributed by atoms with Gasteiger partial charge in [-0.15, -0.1) is 0 Å². The first-order valence-electron chi connectivity index (χ1n) is 9.52. The van der Waals surface area contributed by atoms with E-state index in [2.05, 4.69) is 10.3 Å². The lowest BCUT2D eigenvalue weighted by Crippen LogP contribution is -2.31. The topological polar surface area (TPSA) is 62.3 Å². The average molecular weight is 363 g/mol. The van der Waals surface area contributed by atoms with E-state index < -0.39 is 0 Å². The molecule has 1 saturated carbocycles. The van der Waals surface area contributed by atoms with Crippen LogP contribution in [0.2, 0.25) is 0 Å². The van der Waals surface area contributed by atoms with Crippen molar-refractivity contribution in [1.29, 1.82) is 0 Å². The van der Waals surface area contributed by atoms with Crippen LogP contribution in [0.5, 0.6) is 0 Å². The van der Waals surface area contributed by atoms with E-state index in [1.165, 1.54) is 5.56 Å². The monoisotopic (exact) mass is 363 g/mol. The first-order chi connectivity index (χ1) is 13.0. The highest BCUT2D eigenvalue weighted by molar-refractivity contribution is 5.95. The summed E-state index contributed by atoms with van der Waals surface area (Å²) in [7, 11) is 0. The molecule has 2 amide bonds. The van der Waals surface area contributed by atoms with Crippen molar-refractivity contribution in [2.24, 2.45) is 11.3 Å². The summed E-state index contributed by atoms with van der Waals surface area (Å²) in [5.41, 5.74) is 4.05. The molecule has 1 aliphatic carbocycles. The van der Waals surface area contributed by atoms with Crippen LogP contribution in [-0.2, 0) is 11.3 Å². The largest absolute Gasteiger partial charge is 0.352 e. The fourth-order valence-corrected chi connectivity index (χ4v) is 4.11. The van der Waals surface area contributed by atoms with E-state index in [0.717, 1.165) is 36.1 Å². The highest BCUT2D eigenvalue weighted by Gasteiger charge is 2.61. The molecule has 1 aromatic carbocycles. The first kappa shape index (κ1) is 17.7. The van der Waals surface area contributed by atoms with Gasteiger partial charge in [0.15, 0.2) is 0 Å². The number of aryl methyl sites for hydroxylation is 2. The molecule has 5 heteroatoms. The average Bonchev–Trinajstić information content (AvgIpc) is 3.22. The zero-order valence-corrected chi connectivity index (χ0v) is 15.9. The molecule has 140 valence electrons. The van der Waals surface area contributed by atoms with Crippen LogP contribution in [0.15, 0.2) is 42.7 Å². The van der Waals surface area contributed by atoms with E-state index in [9.17, 15) is 9.59 Å². The molecule has 1 aliphatic heterocycles. The van der Waals surface area contributed by atoms with Crippen LogP contribution in [0.3, 0.4) is 0 Å². The van der Waals surface area contributed by atoms with Crippen LogP contribution < -0.4 is 5.32 Å². The highest BCUT2D eigenvalue weighted by Crippen LogP contribution is 2.58. The second-order valence-electron chi connectivity index (χ2n) is 7.97. The van der Waals surface area contributed by atoms with E-state index >= 15 is 0 Å². The Morgan fingerprint density at radius 1 is 1.26 bits per heavy atom. The maximum atomic E-state index is 12.8. The molecular formula is C22H25N3O2. The first-order valence-corrected chi connectivity index (χ1v) is 9.52. The Hall–Kier alpha value is -2.69. The maximum Gasteiger partial charge on any atom is 0.253 e. The SMILES string of the molecule is Cc1ccc(C(=O)N2CC[C@@]3(C[C@H]3C(=O)NCc3cccnc3)C2)cc1C. The molecule has 1 spiro atoms. The third-order valence-corrected chi connectivity index (χ3v) is 6.12. The summed E-state index contributed by atoms with van der Waals surface area (Å²) in [6, 6.07) is 9.69. The lowest BCUT2D eigenvalue weighted by Gasteiger charge is -2.17. The smallest absolute Gasteiger partial charge is 0.253 e. The Morgan fingerprint density at radius 2 is 2.11 bits per heavy atom. The lowest BCUT2D eigenvalue weighted by atomic mass is 10.0. The van der Waals surface area contributed by atoms with Crippen LogP contribution in [0, 0.1) is 25.2 Å². The number of hydrogen-bond acceptors (Lipinski definition) is 3. The molecule has 1 N–H and O–H groups in total. The highest BCUT2D eigenvalue weighted by atomic mass is 16.2. The Kier molecular flexibility index (Phi) is 4.46. The summed E-state index contributed by atoms with van der Waals surface area (Å²) in [5.74, 6) is 0.197. The van der Waals surface area contributed by atoms with Gasteiger partial charge in [0.05, 0.1) is 0 Å². The van der Waals surface area contributed by atoms with Crippen molar-refractivity contribution in [3.63, 3.8) is 0 Å². The molecule has 2 aromatic rings. The maximum absolute atomic E-state index is 12.8. The number of amides is 2. The number of pyridine rings is 1. The number of carbonyl (C=O) groups excluding carboxylic acids is 2. The van der Waals surface area contributed by atoms with Gasteiger partial charge < -0.3 is 10.2 Å². The minimum atomic E-state index is -0.0194. The number of nitrogens with zero attached hydrogens (tertiary/aromatic N) is 2. The number of rotatable bonds is 4. The summed E-state index contributed by atoms with van der Waals surface area (Å²) in [4.78, 5) is 31.3. The van der Waals surface area contributed by atoms with Crippen molar-refractivity contribution in [1.82, 2.24) is 15.2 Å². The number of hydrogen-bond donors (Lipinski definition) is 1. The normalized spacial score (nSPS) is 23.5. The van der Waals surface area contributed by atoms with Crippen molar-refractivity contribution < 1.29 is 9.59 Å². The number of benzene rings is 1. The second kappa shape index (κ2) is 6.80. The van der Waals surface area contributed by atoms with E-state index in [-0.39, 0.29) is 23.1 Å². The van der Waals surface area contributed by atoms with Gasteiger partial charge in [0, 0.05) is 48.9 Å². The zero-order valence-electron chi connectivity index (χ0n) is 15.9. The standard InChI is InChI=1S/C22H25N3O2/c1-15-5-6-18(10-16(15)2)21(27)25-9-7-22(14-25)11-19(22)20(26)24-13-17-4-3-8-23-12-17/h3-6,8,10,12,19H,7,9,11,13-14H2,1-2H3,(H,24,26)/t19-,22+/m0/s1. The molecule has 2 atom stereocenters. The van der Waals surface area contributed by atoms with E-state index in [0.29, 0.717) is 13.1 Å². The van der Waals surface area contributed by atoms with Crippen LogP contribution in [0.4, 0.5) is 0 Å². The predicted octanol–water partition coefficient (Wildman–Crippen LogP) is 2.87. The fourth-order valence-electron chi connectivity index (χ4n) is 4.11. The number of aromatic nitrogens is 1. The van der Waals surface area contributed by atoms with E-state index in [1.807, 2.05) is 49.1 Å². The van der Waals surface area contributed by atoms with Gasteiger partial charge in [0.1, 0.15) is 0 Å². The van der Waals surface area contributed by atoms with Crippen LogP contribution in [-0.4, -0.2) is 34.8 Å². The lowest BCUT2D eigenvalue weighted by molar-refractivity contribution is -0.123. The van der Waals surface area contributed by atoms with E-state index in [1.54, 1.807) is 12.4 Å². The molecule has 1 saturated heterocycles. The molecule has 2 heterocycles. The Labute approximate surface area is 159 Å². The molecule has 5 nitrogen and oxygen atoms in total. The molecular weight excluding hydrogens is 338 g/mol. The third-order valence-electron chi connectivity index (χ3n) is 6.12. The third kappa shape index (κ3) is 3.46. The Balaban J connectivity index is 1.35. The van der Waals surface area contributed by atoms with Crippen molar-refractivity contribution in [3.05, 3.63) is 65.0 Å². The minimum absolute atomic E-state index is 0.0194. The van der Waals surface area contributed by atoms with E-state index in [4.69, 9.17) is 0 Å². The van der Waals surface area contributed by atoms with Crippen molar-refractivity contribution in [3.8, 4) is 0 Å².